The van der Waals surface area contributed by atoms with Gasteiger partial charge in [0.05, 0.1) is 12.9 Å². The van der Waals surface area contributed by atoms with Crippen molar-refractivity contribution in [3.8, 4) is 5.75 Å². The number of aromatic nitrogens is 1. The number of halogens is 1. The summed E-state index contributed by atoms with van der Waals surface area (Å²) in [7, 11) is 0. The Morgan fingerprint density at radius 3 is 3.04 bits per heavy atom. The van der Waals surface area contributed by atoms with Crippen LogP contribution in [0.2, 0.25) is 0 Å². The van der Waals surface area contributed by atoms with Crippen molar-refractivity contribution in [3.63, 3.8) is 0 Å². The number of benzene rings is 1. The number of rotatable bonds is 9. The molecule has 6 nitrogen and oxygen atoms in total. The van der Waals surface area contributed by atoms with Gasteiger partial charge in [0.15, 0.2) is 11.5 Å². The maximum absolute atomic E-state index is 12.7. The first-order valence-corrected chi connectivity index (χ1v) is 7.89. The fourth-order valence-corrected chi connectivity index (χ4v) is 2.15. The fraction of sp³-hybridized carbons (Fsp3) is 0.412. The Labute approximate surface area is 139 Å². The first kappa shape index (κ1) is 17.8. The number of hydrogen-bond donors (Lipinski definition) is 2. The van der Waals surface area contributed by atoms with E-state index in [9.17, 15) is 9.18 Å². The molecule has 1 amide bonds. The Bertz CT molecular complexity index is 712. The van der Waals surface area contributed by atoms with Crippen molar-refractivity contribution in [2.75, 3.05) is 13.2 Å². The second-order valence-electron chi connectivity index (χ2n) is 5.37. The van der Waals surface area contributed by atoms with Gasteiger partial charge in [0.1, 0.15) is 11.3 Å². The lowest BCUT2D eigenvalue weighted by Crippen LogP contribution is -2.23. The Kier molecular flexibility index (Phi) is 6.60. The van der Waals surface area contributed by atoms with Gasteiger partial charge in [0, 0.05) is 25.5 Å². The lowest BCUT2D eigenvalue weighted by Gasteiger charge is -2.08. The van der Waals surface area contributed by atoms with Gasteiger partial charge in [-0.3, -0.25) is 0 Å². The monoisotopic (exact) mass is 336 g/mol. The van der Waals surface area contributed by atoms with Crippen molar-refractivity contribution in [2.24, 2.45) is 0 Å². The van der Waals surface area contributed by atoms with Crippen LogP contribution in [-0.4, -0.2) is 29.3 Å². The molecule has 0 aliphatic heterocycles. The number of nitrogens with zero attached hydrogens (tertiary/aromatic N) is 1. The summed E-state index contributed by atoms with van der Waals surface area (Å²) in [5, 5.41) is 10.6. The van der Waals surface area contributed by atoms with Crippen molar-refractivity contribution in [3.05, 3.63) is 36.0 Å². The Balaban J connectivity index is 1.89. The number of unbranched alkanes of at least 4 members (excludes halogenated alkanes) is 1. The van der Waals surface area contributed by atoms with Crippen molar-refractivity contribution < 1.29 is 23.4 Å². The number of oxazole rings is 1. The van der Waals surface area contributed by atoms with Gasteiger partial charge in [0.25, 0.3) is 0 Å². The Morgan fingerprint density at radius 2 is 2.33 bits per heavy atom. The second-order valence-corrected chi connectivity index (χ2v) is 5.37. The van der Waals surface area contributed by atoms with Crippen LogP contribution in [0.3, 0.4) is 0 Å². The molecule has 0 aliphatic rings. The average molecular weight is 336 g/mol. The maximum atomic E-state index is 12.7. The highest BCUT2D eigenvalue weighted by Crippen LogP contribution is 2.22. The van der Waals surface area contributed by atoms with E-state index in [-0.39, 0.29) is 19.6 Å². The quantitative estimate of drug-likeness (QED) is 0.721. The molecule has 1 aromatic heterocycles. The summed E-state index contributed by atoms with van der Waals surface area (Å²) in [6.07, 6.45) is 2.41. The molecule has 0 unspecified atom stereocenters. The number of nitrogens with one attached hydrogen (secondary N) is 1. The van der Waals surface area contributed by atoms with Gasteiger partial charge in [-0.15, -0.1) is 0 Å². The summed E-state index contributed by atoms with van der Waals surface area (Å²) < 4.78 is 23.9. The van der Waals surface area contributed by atoms with Crippen LogP contribution < -0.4 is 10.1 Å². The van der Waals surface area contributed by atoms with E-state index < -0.39 is 6.09 Å². The minimum Gasteiger partial charge on any atom is -0.493 e. The minimum absolute atomic E-state index is 0.0584. The van der Waals surface area contributed by atoms with Crippen molar-refractivity contribution in [1.82, 2.24) is 10.3 Å². The molecule has 0 radical (unpaired) electrons. The zero-order chi connectivity index (χ0) is 17.4. The molecule has 2 rings (SSSR count). The van der Waals surface area contributed by atoms with Crippen LogP contribution >= 0.6 is 0 Å². The highest BCUT2D eigenvalue weighted by Gasteiger charge is 2.07. The Morgan fingerprint density at radius 1 is 1.50 bits per heavy atom. The number of carbonyl (C=O) groups is 1. The predicted molar refractivity (Wildman–Crippen MR) is 88.0 cm³/mol. The number of fused-ring (bicyclic) bond motifs is 1. The topological polar surface area (TPSA) is 84.6 Å². The van der Waals surface area contributed by atoms with Gasteiger partial charge in [-0.1, -0.05) is 13.3 Å². The molecule has 0 saturated carbocycles. The number of hydrogen-bond acceptors (Lipinski definition) is 4. The molecule has 130 valence electrons. The molecule has 24 heavy (non-hydrogen) atoms. The van der Waals surface area contributed by atoms with Crippen LogP contribution in [0.1, 0.15) is 32.1 Å². The SMILES string of the molecule is CCCCc1nc2ccc(OCC/C(=C\F)CNC(=O)O)cc2o1. The highest BCUT2D eigenvalue weighted by molar-refractivity contribution is 5.74. The van der Waals surface area contributed by atoms with Crippen LogP contribution in [0.25, 0.3) is 11.1 Å². The van der Waals surface area contributed by atoms with E-state index in [4.69, 9.17) is 14.3 Å². The molecule has 1 heterocycles. The van der Waals surface area contributed by atoms with Crippen LogP contribution in [-0.2, 0) is 6.42 Å². The molecule has 0 spiro atoms. The first-order chi connectivity index (χ1) is 11.6. The zero-order valence-corrected chi connectivity index (χ0v) is 13.5. The van der Waals surface area contributed by atoms with Crippen molar-refractivity contribution in [2.45, 2.75) is 32.6 Å². The minimum atomic E-state index is -1.19. The maximum Gasteiger partial charge on any atom is 0.404 e. The second kappa shape index (κ2) is 8.90. The highest BCUT2D eigenvalue weighted by atomic mass is 19.1. The van der Waals surface area contributed by atoms with Gasteiger partial charge < -0.3 is 19.6 Å². The van der Waals surface area contributed by atoms with Crippen LogP contribution in [0.5, 0.6) is 5.75 Å². The fourth-order valence-electron chi connectivity index (χ4n) is 2.15. The normalized spacial score (nSPS) is 11.7. The molecule has 7 heteroatoms. The summed E-state index contributed by atoms with van der Waals surface area (Å²) in [4.78, 5) is 14.8. The summed E-state index contributed by atoms with van der Waals surface area (Å²) in [5.74, 6) is 1.32. The van der Waals surface area contributed by atoms with E-state index in [1.165, 1.54) is 0 Å². The van der Waals surface area contributed by atoms with Gasteiger partial charge >= 0.3 is 6.09 Å². The summed E-state index contributed by atoms with van der Waals surface area (Å²) in [6, 6.07) is 5.36. The average Bonchev–Trinajstić information content (AvgIpc) is 2.97. The predicted octanol–water partition coefficient (Wildman–Crippen LogP) is 4.06. The largest absolute Gasteiger partial charge is 0.493 e. The van der Waals surface area contributed by atoms with E-state index >= 15 is 0 Å². The van der Waals surface area contributed by atoms with E-state index in [2.05, 4.69) is 17.2 Å². The molecule has 1 aromatic carbocycles. The van der Waals surface area contributed by atoms with Gasteiger partial charge in [0.2, 0.25) is 0 Å². The summed E-state index contributed by atoms with van der Waals surface area (Å²) in [6.45, 7) is 2.29. The summed E-state index contributed by atoms with van der Waals surface area (Å²) in [5.41, 5.74) is 1.76. The molecule has 0 atom stereocenters. The van der Waals surface area contributed by atoms with Gasteiger partial charge in [-0.2, -0.15) is 0 Å². The van der Waals surface area contributed by atoms with Crippen LogP contribution in [0.4, 0.5) is 9.18 Å². The molecule has 2 aromatic rings. The molecule has 2 N–H and O–H groups in total. The first-order valence-electron chi connectivity index (χ1n) is 7.89. The number of aryl methyl sites for hydroxylation is 1. The lowest BCUT2D eigenvalue weighted by atomic mass is 10.2. The molecule has 0 saturated heterocycles. The zero-order valence-electron chi connectivity index (χ0n) is 13.5. The van der Waals surface area contributed by atoms with Gasteiger partial charge in [-0.05, 0) is 24.1 Å². The van der Waals surface area contributed by atoms with Gasteiger partial charge in [-0.25, -0.2) is 14.2 Å². The number of amides is 1. The number of ether oxygens (including phenoxy) is 1. The summed E-state index contributed by atoms with van der Waals surface area (Å²) >= 11 is 0. The molecular formula is C17H21FN2O4. The molecular weight excluding hydrogens is 315 g/mol. The van der Waals surface area contributed by atoms with Crippen LogP contribution in [0, 0.1) is 0 Å². The van der Waals surface area contributed by atoms with E-state index in [1.54, 1.807) is 12.1 Å². The molecule has 0 bridgehead atoms. The third kappa shape index (κ3) is 5.26. The van der Waals surface area contributed by atoms with E-state index in [1.807, 2.05) is 6.07 Å². The lowest BCUT2D eigenvalue weighted by molar-refractivity contribution is 0.195. The van der Waals surface area contributed by atoms with E-state index in [0.717, 1.165) is 24.8 Å². The Hall–Kier alpha value is -2.57. The van der Waals surface area contributed by atoms with Crippen molar-refractivity contribution >= 4 is 17.2 Å². The third-order valence-electron chi connectivity index (χ3n) is 3.46. The molecule has 0 fully saturated rings. The number of carboxylic acid groups (broad SMARTS) is 1. The molecule has 0 aliphatic carbocycles. The third-order valence-corrected chi connectivity index (χ3v) is 3.46. The van der Waals surface area contributed by atoms with E-state index in [0.29, 0.717) is 29.1 Å². The van der Waals surface area contributed by atoms with Crippen molar-refractivity contribution in [1.29, 1.82) is 0 Å². The smallest absolute Gasteiger partial charge is 0.404 e. The standard InChI is InChI=1S/C17H21FN2O4/c1-2-3-4-16-20-14-6-5-13(9-15(14)24-16)23-8-7-12(10-18)11-19-17(21)22/h5-6,9-10,19H,2-4,7-8,11H2,1H3,(H,21,22)/b12-10+. The van der Waals surface area contributed by atoms with Crippen LogP contribution in [0.15, 0.2) is 34.5 Å².